The molecule has 8 aliphatic carbocycles. The molecule has 0 spiro atoms. The summed E-state index contributed by atoms with van der Waals surface area (Å²) in [5, 5.41) is 11.3. The largest absolute Gasteiger partial charge is 0.445 e. The Morgan fingerprint density at radius 2 is 1.43 bits per heavy atom. The molecule has 0 saturated heterocycles. The summed E-state index contributed by atoms with van der Waals surface area (Å²) in [6, 6.07) is 0. The summed E-state index contributed by atoms with van der Waals surface area (Å²) in [5.41, 5.74) is 0.158. The highest BCUT2D eigenvalue weighted by atomic mass is 16.6. The second-order valence-corrected chi connectivity index (χ2v) is 17.6. The summed E-state index contributed by atoms with van der Waals surface area (Å²) in [7, 11) is 0. The molecule has 8 rings (SSSR count). The van der Waals surface area contributed by atoms with Gasteiger partial charge >= 0.3 is 5.97 Å². The third-order valence-electron chi connectivity index (χ3n) is 16.3. The van der Waals surface area contributed by atoms with Gasteiger partial charge in [0.2, 0.25) is 0 Å². The first-order chi connectivity index (χ1) is 22.5. The highest BCUT2D eigenvalue weighted by molar-refractivity contribution is 5.95. The molecule has 5 nitrogen and oxygen atoms in total. The summed E-state index contributed by atoms with van der Waals surface area (Å²) < 4.78 is 6.47. The Balaban J connectivity index is 0.962. The molecule has 5 unspecified atom stereocenters. The second kappa shape index (κ2) is 10.9. The van der Waals surface area contributed by atoms with Crippen molar-refractivity contribution in [1.82, 2.24) is 0 Å². The number of carbonyl (C=O) groups excluding carboxylic acids is 3. The SMILES string of the molecule is C#C[C@]1(O)CC[C@H]2[C@@H]3CCC4=CC(=O)C(CC(=O)O[C@@]5(C#C)CCC6C7CCC8=CC(=O)CCC8C7CC[C@@]65C)C[C@@H]4[C@H]3CC[C@@]21C. The van der Waals surface area contributed by atoms with Gasteiger partial charge in [-0.15, -0.1) is 12.8 Å². The first-order valence-corrected chi connectivity index (χ1v) is 18.8. The van der Waals surface area contributed by atoms with Gasteiger partial charge in [0.1, 0.15) is 5.60 Å². The smallest absolute Gasteiger partial charge is 0.308 e. The molecular formula is C42H52O5. The molecule has 0 aromatic heterocycles. The number of fused-ring (bicyclic) bond motifs is 10. The molecule has 5 heteroatoms. The Morgan fingerprint density at radius 1 is 0.787 bits per heavy atom. The van der Waals surface area contributed by atoms with Crippen LogP contribution in [0.25, 0.3) is 0 Å². The zero-order valence-corrected chi connectivity index (χ0v) is 28.4. The number of allylic oxidation sites excluding steroid dienone is 2. The van der Waals surface area contributed by atoms with Crippen LogP contribution in [0.4, 0.5) is 0 Å². The summed E-state index contributed by atoms with van der Waals surface area (Å²) >= 11 is 0. The highest BCUT2D eigenvalue weighted by Crippen LogP contribution is 2.67. The predicted molar refractivity (Wildman–Crippen MR) is 179 cm³/mol. The Kier molecular flexibility index (Phi) is 7.36. The third kappa shape index (κ3) is 4.43. The van der Waals surface area contributed by atoms with E-state index in [-0.39, 0.29) is 40.7 Å². The minimum absolute atomic E-state index is 0.0673. The van der Waals surface area contributed by atoms with Gasteiger partial charge in [0.15, 0.2) is 17.2 Å². The van der Waals surface area contributed by atoms with Crippen LogP contribution in [-0.4, -0.2) is 33.8 Å². The van der Waals surface area contributed by atoms with Crippen LogP contribution in [0.3, 0.4) is 0 Å². The number of rotatable bonds is 3. The van der Waals surface area contributed by atoms with E-state index >= 15 is 0 Å². The Labute approximate surface area is 281 Å². The lowest BCUT2D eigenvalue weighted by atomic mass is 9.50. The highest BCUT2D eigenvalue weighted by Gasteiger charge is 2.65. The van der Waals surface area contributed by atoms with Crippen LogP contribution in [0.2, 0.25) is 0 Å². The number of terminal acetylenes is 2. The van der Waals surface area contributed by atoms with Gasteiger partial charge in [-0.25, -0.2) is 0 Å². The Morgan fingerprint density at radius 3 is 2.13 bits per heavy atom. The maximum Gasteiger partial charge on any atom is 0.308 e. The van der Waals surface area contributed by atoms with Crippen molar-refractivity contribution in [2.24, 2.45) is 64.1 Å². The number of hydrogen-bond acceptors (Lipinski definition) is 5. The van der Waals surface area contributed by atoms with Crippen molar-refractivity contribution < 1.29 is 24.2 Å². The van der Waals surface area contributed by atoms with Crippen molar-refractivity contribution in [1.29, 1.82) is 0 Å². The predicted octanol–water partition coefficient (Wildman–Crippen LogP) is 7.17. The maximum atomic E-state index is 13.9. The molecule has 0 aliphatic heterocycles. The van der Waals surface area contributed by atoms with Crippen molar-refractivity contribution in [3.05, 3.63) is 23.3 Å². The number of hydrogen-bond donors (Lipinski definition) is 1. The summed E-state index contributed by atoms with van der Waals surface area (Å²) in [4.78, 5) is 39.5. The number of aliphatic hydroxyl groups is 1. The molecule has 1 N–H and O–H groups in total. The van der Waals surface area contributed by atoms with E-state index < -0.39 is 11.2 Å². The monoisotopic (exact) mass is 636 g/mol. The fourth-order valence-electron chi connectivity index (χ4n) is 13.7. The van der Waals surface area contributed by atoms with Crippen LogP contribution in [0.5, 0.6) is 0 Å². The lowest BCUT2D eigenvalue weighted by molar-refractivity contribution is -0.172. The van der Waals surface area contributed by atoms with Crippen LogP contribution >= 0.6 is 0 Å². The average molecular weight is 637 g/mol. The fraction of sp³-hybridized carbons (Fsp3) is 0.738. The molecule has 6 saturated carbocycles. The van der Waals surface area contributed by atoms with Gasteiger partial charge < -0.3 is 9.84 Å². The van der Waals surface area contributed by atoms with Gasteiger partial charge in [-0.3, -0.25) is 14.4 Å². The van der Waals surface area contributed by atoms with E-state index in [0.717, 1.165) is 70.6 Å². The van der Waals surface area contributed by atoms with Gasteiger partial charge in [0, 0.05) is 23.2 Å². The molecule has 250 valence electrons. The Bertz CT molecular complexity index is 1540. The lowest BCUT2D eigenvalue weighted by Gasteiger charge is -2.55. The maximum absolute atomic E-state index is 13.9. The number of ether oxygens (including phenoxy) is 1. The van der Waals surface area contributed by atoms with E-state index in [1.165, 1.54) is 11.1 Å². The first-order valence-electron chi connectivity index (χ1n) is 18.8. The van der Waals surface area contributed by atoms with Gasteiger partial charge in [-0.05, 0) is 149 Å². The van der Waals surface area contributed by atoms with Gasteiger partial charge in [-0.2, -0.15) is 0 Å². The molecule has 0 aromatic rings. The summed E-state index contributed by atoms with van der Waals surface area (Å²) in [6.07, 6.45) is 29.7. The minimum atomic E-state index is -1.02. The van der Waals surface area contributed by atoms with Crippen LogP contribution in [-0.2, 0) is 19.1 Å². The third-order valence-corrected chi connectivity index (χ3v) is 16.3. The topological polar surface area (TPSA) is 80.7 Å². The van der Waals surface area contributed by atoms with Crippen molar-refractivity contribution in [2.45, 2.75) is 128 Å². The van der Waals surface area contributed by atoms with Crippen molar-refractivity contribution in [3.63, 3.8) is 0 Å². The van der Waals surface area contributed by atoms with Gasteiger partial charge in [-0.1, -0.05) is 36.8 Å². The van der Waals surface area contributed by atoms with Gasteiger partial charge in [0.05, 0.1) is 6.42 Å². The molecule has 8 aliphatic rings. The molecule has 13 atom stereocenters. The second-order valence-electron chi connectivity index (χ2n) is 17.6. The average Bonchev–Trinajstić information content (AvgIpc) is 3.51. The number of ketones is 2. The van der Waals surface area contributed by atoms with Gasteiger partial charge in [0.25, 0.3) is 0 Å². The van der Waals surface area contributed by atoms with E-state index in [9.17, 15) is 19.5 Å². The van der Waals surface area contributed by atoms with Crippen LogP contribution in [0, 0.1) is 88.8 Å². The molecule has 6 fully saturated rings. The normalized spacial score (nSPS) is 49.8. The molecular weight excluding hydrogens is 584 g/mol. The zero-order valence-electron chi connectivity index (χ0n) is 28.4. The minimum Gasteiger partial charge on any atom is -0.445 e. The molecule has 0 bridgehead atoms. The Hall–Kier alpha value is -2.63. The lowest BCUT2D eigenvalue weighted by Crippen LogP contribution is -2.54. The molecule has 0 radical (unpaired) electrons. The summed E-state index contributed by atoms with van der Waals surface area (Å²) in [6.45, 7) is 4.48. The summed E-state index contributed by atoms with van der Waals surface area (Å²) in [5.74, 6) is 9.21. The van der Waals surface area contributed by atoms with Crippen LogP contribution in [0.15, 0.2) is 23.3 Å². The number of esters is 1. The van der Waals surface area contributed by atoms with Crippen LogP contribution in [0.1, 0.15) is 117 Å². The van der Waals surface area contributed by atoms with E-state index in [1.54, 1.807) is 0 Å². The van der Waals surface area contributed by atoms with Crippen molar-refractivity contribution >= 4 is 17.5 Å². The molecule has 0 heterocycles. The quantitative estimate of drug-likeness (QED) is 0.263. The zero-order chi connectivity index (χ0) is 32.9. The van der Waals surface area contributed by atoms with E-state index in [2.05, 4.69) is 25.7 Å². The van der Waals surface area contributed by atoms with E-state index in [1.807, 2.05) is 12.2 Å². The van der Waals surface area contributed by atoms with E-state index in [0.29, 0.717) is 73.0 Å². The fourth-order valence-corrected chi connectivity index (χ4v) is 13.7. The standard InChI is InChI=1S/C42H52O5/c1-5-41(46)19-15-35-33-11-8-26-23-37(44)27(22-34(26)31(33)13-17-39(35,41)3)24-38(45)47-42(6-2)20-16-36-32-10-7-25-21-28(43)9-12-29(25)30(32)14-18-40(36,42)4/h1-2,21,23,27,29-36,46H,7-20,22,24H2,3-4H3/t27?,29?,30?,31-,32?,33+,34-,35-,36?,39-,40-,41-,42-/m0/s1. The van der Waals surface area contributed by atoms with Crippen molar-refractivity contribution in [2.75, 3.05) is 0 Å². The molecule has 47 heavy (non-hydrogen) atoms. The molecule has 0 amide bonds. The van der Waals surface area contributed by atoms with E-state index in [4.69, 9.17) is 17.6 Å². The first kappa shape index (κ1) is 31.6. The molecule has 0 aromatic carbocycles. The van der Waals surface area contributed by atoms with Crippen molar-refractivity contribution in [3.8, 4) is 24.7 Å². The van der Waals surface area contributed by atoms with Crippen LogP contribution < -0.4 is 0 Å². The number of carbonyl (C=O) groups is 3.